The van der Waals surface area contributed by atoms with Crippen LogP contribution < -0.4 is 0 Å². The molecule has 1 nitrogen and oxygen atoms in total. The fourth-order valence-electron chi connectivity index (χ4n) is 3.56. The van der Waals surface area contributed by atoms with Crippen LogP contribution in [0.2, 0.25) is 0 Å². The van der Waals surface area contributed by atoms with Crippen LogP contribution >= 0.6 is 0 Å². The highest BCUT2D eigenvalue weighted by Crippen LogP contribution is 2.46. The van der Waals surface area contributed by atoms with E-state index in [1.807, 2.05) is 12.3 Å². The van der Waals surface area contributed by atoms with Gasteiger partial charge in [-0.25, -0.2) is 0 Å². The predicted octanol–water partition coefficient (Wildman–Crippen LogP) is 4.91. The Morgan fingerprint density at radius 3 is 2.68 bits per heavy atom. The van der Waals surface area contributed by atoms with Crippen molar-refractivity contribution >= 4 is 0 Å². The molecule has 3 unspecified atom stereocenters. The van der Waals surface area contributed by atoms with Crippen LogP contribution in [-0.2, 0) is 5.41 Å². The Bertz CT molecular complexity index is 446. The van der Waals surface area contributed by atoms with Crippen molar-refractivity contribution in [2.75, 3.05) is 0 Å². The van der Waals surface area contributed by atoms with Gasteiger partial charge in [-0.05, 0) is 36.8 Å². The maximum atomic E-state index is 4.71. The Morgan fingerprint density at radius 1 is 1.32 bits per heavy atom. The topological polar surface area (TPSA) is 12.9 Å². The van der Waals surface area contributed by atoms with Gasteiger partial charge < -0.3 is 0 Å². The molecule has 0 fully saturated rings. The van der Waals surface area contributed by atoms with Crippen LogP contribution in [-0.4, -0.2) is 4.98 Å². The largest absolute Gasteiger partial charge is 0.261 e. The van der Waals surface area contributed by atoms with Crippen molar-refractivity contribution in [1.29, 1.82) is 0 Å². The van der Waals surface area contributed by atoms with Crippen molar-refractivity contribution in [3.63, 3.8) is 0 Å². The minimum Gasteiger partial charge on any atom is -0.261 e. The van der Waals surface area contributed by atoms with Gasteiger partial charge in [0, 0.05) is 17.3 Å². The Balaban J connectivity index is 2.48. The van der Waals surface area contributed by atoms with Gasteiger partial charge in [0.15, 0.2) is 0 Å². The normalized spacial score (nSPS) is 23.0. The zero-order chi connectivity index (χ0) is 13.7. The fourth-order valence-corrected chi connectivity index (χ4v) is 3.56. The molecular weight excluding hydrogens is 230 g/mol. The number of rotatable bonds is 5. The van der Waals surface area contributed by atoms with E-state index in [1.165, 1.54) is 12.1 Å². The lowest BCUT2D eigenvalue weighted by Crippen LogP contribution is -2.41. The average molecular weight is 255 g/mol. The van der Waals surface area contributed by atoms with Crippen LogP contribution in [0.15, 0.2) is 48.7 Å². The third-order valence-corrected chi connectivity index (χ3v) is 4.86. The van der Waals surface area contributed by atoms with Crippen LogP contribution in [0.25, 0.3) is 0 Å². The van der Waals surface area contributed by atoms with Crippen molar-refractivity contribution in [2.45, 2.75) is 45.4 Å². The summed E-state index contributed by atoms with van der Waals surface area (Å²) in [5.74, 6) is 1.20. The molecule has 1 heterocycles. The SMILES string of the molecule is CCC(C)C(CC)(c1ccccn1)C1C=CC=CC1. The number of hydrogen-bond acceptors (Lipinski definition) is 1. The average Bonchev–Trinajstić information content (AvgIpc) is 2.50. The first-order valence-electron chi connectivity index (χ1n) is 7.50. The zero-order valence-corrected chi connectivity index (χ0v) is 12.3. The molecule has 3 atom stereocenters. The summed E-state index contributed by atoms with van der Waals surface area (Å²) in [7, 11) is 0. The van der Waals surface area contributed by atoms with Crippen LogP contribution in [0.4, 0.5) is 0 Å². The van der Waals surface area contributed by atoms with Gasteiger partial charge in [0.05, 0.1) is 0 Å². The molecule has 0 aromatic carbocycles. The van der Waals surface area contributed by atoms with Crippen LogP contribution in [0.5, 0.6) is 0 Å². The molecule has 0 saturated carbocycles. The molecule has 19 heavy (non-hydrogen) atoms. The van der Waals surface area contributed by atoms with Crippen molar-refractivity contribution in [1.82, 2.24) is 4.98 Å². The van der Waals surface area contributed by atoms with Crippen molar-refractivity contribution in [3.8, 4) is 0 Å². The highest BCUT2D eigenvalue weighted by Gasteiger charge is 2.42. The summed E-state index contributed by atoms with van der Waals surface area (Å²) in [5.41, 5.74) is 1.42. The van der Waals surface area contributed by atoms with Gasteiger partial charge in [-0.3, -0.25) is 4.98 Å². The zero-order valence-electron chi connectivity index (χ0n) is 12.3. The molecule has 102 valence electrons. The van der Waals surface area contributed by atoms with Crippen molar-refractivity contribution < 1.29 is 0 Å². The maximum Gasteiger partial charge on any atom is 0.0473 e. The van der Waals surface area contributed by atoms with E-state index < -0.39 is 0 Å². The highest BCUT2D eigenvalue weighted by molar-refractivity contribution is 5.26. The number of hydrogen-bond donors (Lipinski definition) is 0. The molecule has 0 amide bonds. The summed E-state index contributed by atoms with van der Waals surface area (Å²) >= 11 is 0. The number of nitrogens with zero attached hydrogens (tertiary/aromatic N) is 1. The second kappa shape index (κ2) is 6.18. The number of allylic oxidation sites excluding steroid dienone is 4. The van der Waals surface area contributed by atoms with Crippen molar-refractivity contribution in [3.05, 3.63) is 54.4 Å². The maximum absolute atomic E-state index is 4.71. The molecule has 1 aliphatic rings. The number of pyridine rings is 1. The van der Waals surface area contributed by atoms with Gasteiger partial charge in [-0.1, -0.05) is 57.6 Å². The Labute approximate surface area is 117 Å². The van der Waals surface area contributed by atoms with E-state index >= 15 is 0 Å². The summed E-state index contributed by atoms with van der Waals surface area (Å²) in [6.07, 6.45) is 14.4. The predicted molar refractivity (Wildman–Crippen MR) is 82.0 cm³/mol. The first-order chi connectivity index (χ1) is 9.25. The van der Waals surface area contributed by atoms with E-state index in [0.29, 0.717) is 11.8 Å². The molecule has 0 aliphatic heterocycles. The first-order valence-corrected chi connectivity index (χ1v) is 7.50. The van der Waals surface area contributed by atoms with Crippen LogP contribution in [0.1, 0.15) is 45.7 Å². The molecule has 0 N–H and O–H groups in total. The van der Waals surface area contributed by atoms with Gasteiger partial charge >= 0.3 is 0 Å². The summed E-state index contributed by atoms with van der Waals surface area (Å²) < 4.78 is 0. The number of aromatic nitrogens is 1. The molecule has 1 aliphatic carbocycles. The smallest absolute Gasteiger partial charge is 0.0473 e. The van der Waals surface area contributed by atoms with Gasteiger partial charge in [0.2, 0.25) is 0 Å². The first kappa shape index (κ1) is 14.0. The van der Waals surface area contributed by atoms with E-state index in [9.17, 15) is 0 Å². The fraction of sp³-hybridized carbons (Fsp3) is 0.500. The molecule has 1 aromatic rings. The van der Waals surface area contributed by atoms with Gasteiger partial charge in [-0.15, -0.1) is 0 Å². The van der Waals surface area contributed by atoms with E-state index in [0.717, 1.165) is 12.8 Å². The van der Waals surface area contributed by atoms with E-state index in [2.05, 4.69) is 57.2 Å². The van der Waals surface area contributed by atoms with Crippen LogP contribution in [0, 0.1) is 11.8 Å². The molecule has 0 radical (unpaired) electrons. The lowest BCUT2D eigenvalue weighted by atomic mass is 9.61. The van der Waals surface area contributed by atoms with Gasteiger partial charge in [0.25, 0.3) is 0 Å². The monoisotopic (exact) mass is 255 g/mol. The second-order valence-electron chi connectivity index (χ2n) is 5.57. The Hall–Kier alpha value is -1.37. The molecule has 0 spiro atoms. The molecular formula is C18H25N. The molecule has 1 heteroatoms. The lowest BCUT2D eigenvalue weighted by Gasteiger charge is -2.43. The minimum absolute atomic E-state index is 0.164. The van der Waals surface area contributed by atoms with Crippen molar-refractivity contribution in [2.24, 2.45) is 11.8 Å². The summed E-state index contributed by atoms with van der Waals surface area (Å²) in [6, 6.07) is 6.34. The lowest BCUT2D eigenvalue weighted by molar-refractivity contribution is 0.191. The summed E-state index contributed by atoms with van der Waals surface area (Å²) in [6.45, 7) is 6.98. The third kappa shape index (κ3) is 2.51. The summed E-state index contributed by atoms with van der Waals surface area (Å²) in [4.78, 5) is 4.71. The summed E-state index contributed by atoms with van der Waals surface area (Å²) in [5, 5.41) is 0. The molecule has 1 aromatic heterocycles. The Morgan fingerprint density at radius 2 is 2.16 bits per heavy atom. The molecule has 0 bridgehead atoms. The standard InChI is InChI=1S/C18H25N/c1-4-15(3)18(5-2,16-11-7-6-8-12-16)17-13-9-10-14-19-17/h6-11,13-16H,4-5,12H2,1-3H3. The second-order valence-corrected chi connectivity index (χ2v) is 5.57. The quantitative estimate of drug-likeness (QED) is 0.728. The Kier molecular flexibility index (Phi) is 4.57. The highest BCUT2D eigenvalue weighted by atomic mass is 14.7. The van der Waals surface area contributed by atoms with Crippen LogP contribution in [0.3, 0.4) is 0 Å². The van der Waals surface area contributed by atoms with E-state index in [1.54, 1.807) is 0 Å². The third-order valence-electron chi connectivity index (χ3n) is 4.86. The molecule has 0 saturated heterocycles. The molecule has 2 rings (SSSR count). The van der Waals surface area contributed by atoms with Gasteiger partial charge in [-0.2, -0.15) is 0 Å². The van der Waals surface area contributed by atoms with E-state index in [-0.39, 0.29) is 5.41 Å². The van der Waals surface area contributed by atoms with Gasteiger partial charge in [0.1, 0.15) is 0 Å². The minimum atomic E-state index is 0.164. The van der Waals surface area contributed by atoms with E-state index in [4.69, 9.17) is 4.98 Å².